The molecule has 0 aliphatic carbocycles. The fraction of sp³-hybridized carbons (Fsp3) is 0.375. The molecule has 0 amide bonds. The van der Waals surface area contributed by atoms with E-state index < -0.39 is 0 Å². The molecule has 2 rings (SSSR count). The third-order valence-corrected chi connectivity index (χ3v) is 3.21. The van der Waals surface area contributed by atoms with E-state index in [2.05, 4.69) is 34.4 Å². The maximum Gasteiger partial charge on any atom is 0.225 e. The van der Waals surface area contributed by atoms with Crippen molar-refractivity contribution in [2.45, 2.75) is 33.2 Å². The normalized spacial score (nSPS) is 11.8. The Bertz CT molecular complexity index is 601. The zero-order chi connectivity index (χ0) is 15.2. The number of hydrogen-bond donors (Lipinski definition) is 2. The van der Waals surface area contributed by atoms with Gasteiger partial charge in [-0.2, -0.15) is 4.98 Å². The molecule has 5 nitrogen and oxygen atoms in total. The lowest BCUT2D eigenvalue weighted by Crippen LogP contribution is -2.16. The van der Waals surface area contributed by atoms with Crippen LogP contribution in [0, 0.1) is 6.92 Å². The quantitative estimate of drug-likeness (QED) is 0.847. The Morgan fingerprint density at radius 1 is 1.24 bits per heavy atom. The third-order valence-electron chi connectivity index (χ3n) is 3.21. The minimum atomic E-state index is 0.339. The van der Waals surface area contributed by atoms with Gasteiger partial charge >= 0.3 is 0 Å². The fourth-order valence-corrected chi connectivity index (χ4v) is 1.91. The molecule has 2 aromatic rings. The Balaban J connectivity index is 2.23. The molecule has 1 aromatic carbocycles. The number of benzene rings is 1. The van der Waals surface area contributed by atoms with Gasteiger partial charge in [0.05, 0.1) is 12.8 Å². The minimum Gasteiger partial charge on any atom is -0.495 e. The Kier molecular flexibility index (Phi) is 4.98. The molecule has 0 saturated carbocycles. The van der Waals surface area contributed by atoms with Crippen LogP contribution < -0.4 is 15.4 Å². The Morgan fingerprint density at radius 2 is 2.00 bits per heavy atom. The van der Waals surface area contributed by atoms with E-state index in [4.69, 9.17) is 4.74 Å². The summed E-state index contributed by atoms with van der Waals surface area (Å²) in [4.78, 5) is 8.92. The number of anilines is 3. The first-order valence-electron chi connectivity index (χ1n) is 7.14. The topological polar surface area (TPSA) is 59.1 Å². The first-order valence-corrected chi connectivity index (χ1v) is 7.14. The highest BCUT2D eigenvalue weighted by atomic mass is 16.5. The third kappa shape index (κ3) is 4.08. The van der Waals surface area contributed by atoms with Crippen LogP contribution in [0.4, 0.5) is 17.5 Å². The van der Waals surface area contributed by atoms with Gasteiger partial charge in [-0.05, 0) is 32.4 Å². The number of aromatic nitrogens is 2. The van der Waals surface area contributed by atoms with Crippen molar-refractivity contribution in [3.63, 3.8) is 0 Å². The predicted octanol–water partition coefficient (Wildman–Crippen LogP) is 3.75. The monoisotopic (exact) mass is 286 g/mol. The van der Waals surface area contributed by atoms with Crippen LogP contribution in [0.1, 0.15) is 26.0 Å². The number of para-hydroxylation sites is 2. The van der Waals surface area contributed by atoms with E-state index in [1.807, 2.05) is 37.3 Å². The second kappa shape index (κ2) is 6.92. The highest BCUT2D eigenvalue weighted by Crippen LogP contribution is 2.26. The summed E-state index contributed by atoms with van der Waals surface area (Å²) in [5, 5.41) is 6.57. The first kappa shape index (κ1) is 15.1. The van der Waals surface area contributed by atoms with Gasteiger partial charge in [0.1, 0.15) is 11.6 Å². The molecule has 1 heterocycles. The minimum absolute atomic E-state index is 0.339. The van der Waals surface area contributed by atoms with Crippen LogP contribution >= 0.6 is 0 Å². The summed E-state index contributed by atoms with van der Waals surface area (Å²) >= 11 is 0. The highest BCUT2D eigenvalue weighted by Gasteiger charge is 2.07. The molecule has 0 radical (unpaired) electrons. The van der Waals surface area contributed by atoms with E-state index in [9.17, 15) is 0 Å². The molecule has 5 heteroatoms. The zero-order valence-corrected chi connectivity index (χ0v) is 13.0. The molecule has 2 N–H and O–H groups in total. The van der Waals surface area contributed by atoms with Crippen LogP contribution in [0.2, 0.25) is 0 Å². The first-order chi connectivity index (χ1) is 10.1. The average molecular weight is 286 g/mol. The lowest BCUT2D eigenvalue weighted by Gasteiger charge is -2.14. The molecule has 0 spiro atoms. The molecule has 0 bridgehead atoms. The van der Waals surface area contributed by atoms with Gasteiger partial charge in [0, 0.05) is 17.8 Å². The van der Waals surface area contributed by atoms with Gasteiger partial charge in [-0.25, -0.2) is 4.98 Å². The van der Waals surface area contributed by atoms with Crippen LogP contribution in [0.5, 0.6) is 5.75 Å². The lowest BCUT2D eigenvalue weighted by atomic mass is 10.3. The second-order valence-corrected chi connectivity index (χ2v) is 5.00. The standard InChI is InChI=1S/C16H22N4O/c1-5-11(2)17-16-18-12(3)10-15(20-16)19-13-8-6-7-9-14(13)21-4/h6-11H,5H2,1-4H3,(H2,17,18,19,20). The predicted molar refractivity (Wildman–Crippen MR) is 86.4 cm³/mol. The summed E-state index contributed by atoms with van der Waals surface area (Å²) in [6, 6.07) is 10.0. The van der Waals surface area contributed by atoms with Crippen molar-refractivity contribution in [3.8, 4) is 5.75 Å². The zero-order valence-electron chi connectivity index (χ0n) is 13.0. The molecule has 112 valence electrons. The van der Waals surface area contributed by atoms with Crippen LogP contribution in [0.3, 0.4) is 0 Å². The van der Waals surface area contributed by atoms with Crippen molar-refractivity contribution in [2.24, 2.45) is 0 Å². The summed E-state index contributed by atoms with van der Waals surface area (Å²) in [6.07, 6.45) is 1.02. The smallest absolute Gasteiger partial charge is 0.225 e. The van der Waals surface area contributed by atoms with Gasteiger partial charge in [-0.15, -0.1) is 0 Å². The van der Waals surface area contributed by atoms with Gasteiger partial charge in [0.25, 0.3) is 0 Å². The van der Waals surface area contributed by atoms with Crippen LogP contribution in [0.25, 0.3) is 0 Å². The van der Waals surface area contributed by atoms with E-state index in [0.717, 1.165) is 29.4 Å². The molecule has 0 aliphatic heterocycles. The molecule has 1 atom stereocenters. The van der Waals surface area contributed by atoms with Gasteiger partial charge < -0.3 is 15.4 Å². The molecule has 0 aliphatic rings. The Labute approximate surface area is 125 Å². The van der Waals surface area contributed by atoms with Crippen molar-refractivity contribution in [1.82, 2.24) is 9.97 Å². The Morgan fingerprint density at radius 3 is 2.71 bits per heavy atom. The van der Waals surface area contributed by atoms with E-state index in [1.54, 1.807) is 7.11 Å². The number of hydrogen-bond acceptors (Lipinski definition) is 5. The van der Waals surface area contributed by atoms with Crippen LogP contribution in [0.15, 0.2) is 30.3 Å². The maximum atomic E-state index is 5.34. The summed E-state index contributed by atoms with van der Waals surface area (Å²) in [7, 11) is 1.65. The van der Waals surface area contributed by atoms with E-state index in [1.165, 1.54) is 0 Å². The molecule has 21 heavy (non-hydrogen) atoms. The lowest BCUT2D eigenvalue weighted by molar-refractivity contribution is 0.417. The molecule has 1 aromatic heterocycles. The summed E-state index contributed by atoms with van der Waals surface area (Å²) in [5.74, 6) is 2.17. The molecule has 1 unspecified atom stereocenters. The van der Waals surface area contributed by atoms with E-state index in [-0.39, 0.29) is 0 Å². The largest absolute Gasteiger partial charge is 0.495 e. The summed E-state index contributed by atoms with van der Waals surface area (Å²) < 4.78 is 5.34. The van der Waals surface area contributed by atoms with Crippen molar-refractivity contribution < 1.29 is 4.74 Å². The summed E-state index contributed by atoms with van der Waals surface area (Å²) in [5.41, 5.74) is 1.79. The van der Waals surface area contributed by atoms with Gasteiger partial charge in [0.2, 0.25) is 5.95 Å². The molecule has 0 saturated heterocycles. The SMILES string of the molecule is CCC(C)Nc1nc(C)cc(Nc2ccccc2OC)n1. The number of rotatable bonds is 6. The van der Waals surface area contributed by atoms with Crippen molar-refractivity contribution in [1.29, 1.82) is 0 Å². The number of ether oxygens (including phenoxy) is 1. The Hall–Kier alpha value is -2.30. The second-order valence-electron chi connectivity index (χ2n) is 5.00. The van der Waals surface area contributed by atoms with Gasteiger partial charge in [0.15, 0.2) is 0 Å². The number of aryl methyl sites for hydroxylation is 1. The number of methoxy groups -OCH3 is 1. The van der Waals surface area contributed by atoms with Crippen LogP contribution in [-0.4, -0.2) is 23.1 Å². The maximum absolute atomic E-state index is 5.34. The van der Waals surface area contributed by atoms with E-state index >= 15 is 0 Å². The summed E-state index contributed by atoms with van der Waals surface area (Å²) in [6.45, 7) is 6.19. The molecular formula is C16H22N4O. The highest BCUT2D eigenvalue weighted by molar-refractivity contribution is 5.64. The van der Waals surface area contributed by atoms with Crippen molar-refractivity contribution in [2.75, 3.05) is 17.7 Å². The number of nitrogens with zero attached hydrogens (tertiary/aromatic N) is 2. The fourth-order valence-electron chi connectivity index (χ4n) is 1.91. The van der Waals surface area contributed by atoms with Crippen molar-refractivity contribution >= 4 is 17.5 Å². The van der Waals surface area contributed by atoms with Crippen LogP contribution in [-0.2, 0) is 0 Å². The van der Waals surface area contributed by atoms with Gasteiger partial charge in [-0.1, -0.05) is 19.1 Å². The molecular weight excluding hydrogens is 264 g/mol. The van der Waals surface area contributed by atoms with Gasteiger partial charge in [-0.3, -0.25) is 0 Å². The average Bonchev–Trinajstić information content (AvgIpc) is 2.47. The van der Waals surface area contributed by atoms with Crippen molar-refractivity contribution in [3.05, 3.63) is 36.0 Å². The number of nitrogens with one attached hydrogen (secondary N) is 2. The molecule has 0 fully saturated rings. The van der Waals surface area contributed by atoms with E-state index in [0.29, 0.717) is 12.0 Å².